The SMILES string of the molecule is Cc1cc(Cl)ccc1COc1nc(N2CCC[C@@H](CC(=O)O)C2)ccc1C(=O)NC1CCCCC1. The van der Waals surface area contributed by atoms with E-state index in [1.165, 1.54) is 6.42 Å². The van der Waals surface area contributed by atoms with E-state index in [0.29, 0.717) is 28.8 Å². The molecule has 0 unspecified atom stereocenters. The van der Waals surface area contributed by atoms with E-state index in [9.17, 15) is 14.7 Å². The summed E-state index contributed by atoms with van der Waals surface area (Å²) in [5.41, 5.74) is 2.40. The molecule has 1 saturated carbocycles. The van der Waals surface area contributed by atoms with Crippen molar-refractivity contribution in [1.29, 1.82) is 0 Å². The lowest BCUT2D eigenvalue weighted by atomic mass is 9.95. The number of pyridine rings is 1. The maximum Gasteiger partial charge on any atom is 0.303 e. The largest absolute Gasteiger partial charge is 0.481 e. The molecule has 1 amide bonds. The van der Waals surface area contributed by atoms with Gasteiger partial charge < -0.3 is 20.1 Å². The van der Waals surface area contributed by atoms with Gasteiger partial charge in [-0.1, -0.05) is 36.9 Å². The molecular weight excluding hydrogens is 466 g/mol. The molecule has 0 bridgehead atoms. The molecule has 1 aromatic heterocycles. The summed E-state index contributed by atoms with van der Waals surface area (Å²) in [6.45, 7) is 3.67. The molecule has 1 atom stereocenters. The average Bonchev–Trinajstić information content (AvgIpc) is 2.84. The average molecular weight is 500 g/mol. The van der Waals surface area contributed by atoms with Gasteiger partial charge in [0, 0.05) is 30.6 Å². The van der Waals surface area contributed by atoms with Crippen LogP contribution >= 0.6 is 11.6 Å². The van der Waals surface area contributed by atoms with Gasteiger partial charge in [0.15, 0.2) is 0 Å². The van der Waals surface area contributed by atoms with Crippen LogP contribution in [0.25, 0.3) is 0 Å². The quantitative estimate of drug-likeness (QED) is 0.507. The van der Waals surface area contributed by atoms with Crippen molar-refractivity contribution in [3.05, 3.63) is 52.0 Å². The molecule has 0 radical (unpaired) electrons. The fourth-order valence-corrected chi connectivity index (χ4v) is 5.28. The number of aryl methyl sites for hydroxylation is 1. The predicted molar refractivity (Wildman–Crippen MR) is 136 cm³/mol. The third-order valence-electron chi connectivity index (χ3n) is 7.01. The highest BCUT2D eigenvalue weighted by Gasteiger charge is 2.25. The topological polar surface area (TPSA) is 91.8 Å². The van der Waals surface area contributed by atoms with Gasteiger partial charge in [0.2, 0.25) is 5.88 Å². The van der Waals surface area contributed by atoms with Gasteiger partial charge in [-0.3, -0.25) is 9.59 Å². The molecule has 4 rings (SSSR count). The second kappa shape index (κ2) is 11.8. The Morgan fingerprint density at radius 2 is 1.94 bits per heavy atom. The number of hydrogen-bond donors (Lipinski definition) is 2. The number of hydrogen-bond acceptors (Lipinski definition) is 5. The third kappa shape index (κ3) is 6.88. The van der Waals surface area contributed by atoms with E-state index in [4.69, 9.17) is 21.3 Å². The fraction of sp³-hybridized carbons (Fsp3) is 0.519. The van der Waals surface area contributed by atoms with Crippen molar-refractivity contribution in [1.82, 2.24) is 10.3 Å². The Bertz CT molecular complexity index is 1050. The van der Waals surface area contributed by atoms with E-state index in [2.05, 4.69) is 10.2 Å². The number of aliphatic carboxylic acids is 1. The number of carbonyl (C=O) groups excluding carboxylic acids is 1. The molecule has 188 valence electrons. The van der Waals surface area contributed by atoms with Crippen molar-refractivity contribution in [3.8, 4) is 5.88 Å². The number of carboxylic acids is 1. The normalized spacial score (nSPS) is 18.8. The molecule has 2 fully saturated rings. The molecule has 1 saturated heterocycles. The van der Waals surface area contributed by atoms with Gasteiger partial charge in [0.1, 0.15) is 18.0 Å². The Labute approximate surface area is 211 Å². The van der Waals surface area contributed by atoms with Crippen LogP contribution in [0.3, 0.4) is 0 Å². The summed E-state index contributed by atoms with van der Waals surface area (Å²) in [5.74, 6) is 0.143. The number of aromatic nitrogens is 1. The van der Waals surface area contributed by atoms with E-state index >= 15 is 0 Å². The molecule has 1 aromatic carbocycles. The van der Waals surface area contributed by atoms with Crippen LogP contribution in [-0.2, 0) is 11.4 Å². The van der Waals surface area contributed by atoms with E-state index in [0.717, 1.165) is 56.2 Å². The maximum atomic E-state index is 13.2. The van der Waals surface area contributed by atoms with Crippen LogP contribution in [0.15, 0.2) is 30.3 Å². The van der Waals surface area contributed by atoms with Crippen LogP contribution in [0, 0.1) is 12.8 Å². The molecule has 7 nitrogen and oxygen atoms in total. The first-order valence-electron chi connectivity index (χ1n) is 12.6. The Balaban J connectivity index is 1.56. The monoisotopic (exact) mass is 499 g/mol. The summed E-state index contributed by atoms with van der Waals surface area (Å²) in [7, 11) is 0. The van der Waals surface area contributed by atoms with Crippen molar-refractivity contribution in [2.75, 3.05) is 18.0 Å². The summed E-state index contributed by atoms with van der Waals surface area (Å²) in [6, 6.07) is 9.44. The van der Waals surface area contributed by atoms with Crippen LogP contribution in [0.2, 0.25) is 5.02 Å². The highest BCUT2D eigenvalue weighted by atomic mass is 35.5. The first kappa shape index (κ1) is 25.3. The third-order valence-corrected chi connectivity index (χ3v) is 7.24. The number of benzene rings is 1. The fourth-order valence-electron chi connectivity index (χ4n) is 5.05. The van der Waals surface area contributed by atoms with Crippen molar-refractivity contribution in [2.45, 2.75) is 70.9 Å². The van der Waals surface area contributed by atoms with Crippen LogP contribution in [0.4, 0.5) is 5.82 Å². The van der Waals surface area contributed by atoms with Gasteiger partial charge in [0.25, 0.3) is 5.91 Å². The molecule has 2 aliphatic rings. The molecule has 8 heteroatoms. The molecule has 1 aliphatic heterocycles. The number of halogens is 1. The molecule has 1 aliphatic carbocycles. The number of carbonyl (C=O) groups is 2. The molecule has 2 aromatic rings. The molecule has 2 heterocycles. The van der Waals surface area contributed by atoms with Crippen LogP contribution in [0.5, 0.6) is 5.88 Å². The van der Waals surface area contributed by atoms with Crippen molar-refractivity contribution in [3.63, 3.8) is 0 Å². The summed E-state index contributed by atoms with van der Waals surface area (Å²) < 4.78 is 6.14. The van der Waals surface area contributed by atoms with Crippen LogP contribution < -0.4 is 15.0 Å². The second-order valence-electron chi connectivity index (χ2n) is 9.74. The van der Waals surface area contributed by atoms with Gasteiger partial charge in [-0.2, -0.15) is 4.98 Å². The van der Waals surface area contributed by atoms with Gasteiger partial charge >= 0.3 is 5.97 Å². The predicted octanol–water partition coefficient (Wildman–Crippen LogP) is 5.38. The Kier molecular flexibility index (Phi) is 8.50. The summed E-state index contributed by atoms with van der Waals surface area (Å²) >= 11 is 6.10. The maximum absolute atomic E-state index is 13.2. The van der Waals surface area contributed by atoms with Crippen molar-refractivity contribution in [2.24, 2.45) is 5.92 Å². The van der Waals surface area contributed by atoms with Gasteiger partial charge in [-0.25, -0.2) is 0 Å². The summed E-state index contributed by atoms with van der Waals surface area (Å²) in [6.07, 6.45) is 7.43. The van der Waals surface area contributed by atoms with Gasteiger partial charge in [-0.05, 0) is 73.9 Å². The number of anilines is 1. The number of rotatable bonds is 8. The van der Waals surface area contributed by atoms with Gasteiger partial charge in [-0.15, -0.1) is 0 Å². The lowest BCUT2D eigenvalue weighted by molar-refractivity contribution is -0.138. The highest BCUT2D eigenvalue weighted by Crippen LogP contribution is 2.28. The minimum absolute atomic E-state index is 0.0819. The van der Waals surface area contributed by atoms with Crippen LogP contribution in [0.1, 0.15) is 72.9 Å². The number of ether oxygens (including phenoxy) is 1. The zero-order valence-corrected chi connectivity index (χ0v) is 21.0. The van der Waals surface area contributed by atoms with Crippen LogP contribution in [-0.4, -0.2) is 41.1 Å². The van der Waals surface area contributed by atoms with E-state index in [1.54, 1.807) is 6.07 Å². The second-order valence-corrected chi connectivity index (χ2v) is 10.2. The lowest BCUT2D eigenvalue weighted by Gasteiger charge is -2.33. The van der Waals surface area contributed by atoms with Crippen molar-refractivity contribution >= 4 is 29.3 Å². The number of amides is 1. The summed E-state index contributed by atoms with van der Waals surface area (Å²) in [4.78, 5) is 31.3. The zero-order chi connectivity index (χ0) is 24.8. The number of carboxylic acid groups (broad SMARTS) is 1. The Hall–Kier alpha value is -2.80. The zero-order valence-electron chi connectivity index (χ0n) is 20.3. The Morgan fingerprint density at radius 1 is 1.14 bits per heavy atom. The molecule has 0 spiro atoms. The summed E-state index contributed by atoms with van der Waals surface area (Å²) in [5, 5.41) is 13.0. The highest BCUT2D eigenvalue weighted by molar-refractivity contribution is 6.30. The lowest BCUT2D eigenvalue weighted by Crippen LogP contribution is -2.37. The van der Waals surface area contributed by atoms with E-state index in [1.807, 2.05) is 31.2 Å². The minimum atomic E-state index is -0.776. The molecule has 35 heavy (non-hydrogen) atoms. The number of nitrogens with one attached hydrogen (secondary N) is 1. The first-order chi connectivity index (χ1) is 16.9. The first-order valence-corrected chi connectivity index (χ1v) is 12.9. The number of nitrogens with zero attached hydrogens (tertiary/aromatic N) is 2. The van der Waals surface area contributed by atoms with Gasteiger partial charge in [0.05, 0.1) is 0 Å². The van der Waals surface area contributed by atoms with E-state index < -0.39 is 5.97 Å². The van der Waals surface area contributed by atoms with Crippen molar-refractivity contribution < 1.29 is 19.4 Å². The standard InChI is InChI=1S/C27H34ClN3O4/c1-18-14-21(28)10-9-20(18)17-35-27-23(26(34)29-22-7-3-2-4-8-22)11-12-24(30-27)31-13-5-6-19(16-31)15-25(32)33/h9-12,14,19,22H,2-8,13,15-17H2,1H3,(H,29,34)(H,32,33)/t19-/m0/s1. The Morgan fingerprint density at radius 3 is 2.69 bits per heavy atom. The molecule has 2 N–H and O–H groups in total. The van der Waals surface area contributed by atoms with E-state index in [-0.39, 0.29) is 30.9 Å². The smallest absolute Gasteiger partial charge is 0.303 e. The minimum Gasteiger partial charge on any atom is -0.481 e. The number of piperidine rings is 1. The molecular formula is C27H34ClN3O4.